The van der Waals surface area contributed by atoms with Crippen molar-refractivity contribution in [2.75, 3.05) is 17.7 Å². The van der Waals surface area contributed by atoms with Gasteiger partial charge in [0.2, 0.25) is 0 Å². The van der Waals surface area contributed by atoms with Crippen molar-refractivity contribution in [3.8, 4) is 11.3 Å². The number of anilines is 1. The second-order valence-corrected chi connectivity index (χ2v) is 7.63. The minimum Gasteiger partial charge on any atom is -0.396 e. The molecule has 0 saturated heterocycles. The normalized spacial score (nSPS) is 11.8. The topological polar surface area (TPSA) is 78.0 Å². The van der Waals surface area contributed by atoms with E-state index in [1.165, 1.54) is 16.9 Å². The number of nitrogen functional groups attached to an aromatic ring is 1. The third kappa shape index (κ3) is 3.57. The maximum absolute atomic E-state index is 13.9. The van der Waals surface area contributed by atoms with Crippen molar-refractivity contribution >= 4 is 31.5 Å². The summed E-state index contributed by atoms with van der Waals surface area (Å²) in [5.41, 5.74) is 6.70. The number of benzene rings is 1. The standard InChI is InChI=1S/C12H13BrFN3O2S/c1-20(18,19)5-4-17-7-11(15)12(16-17)9-3-2-8(13)6-10(9)14/h2-3,6-7H,4-5,15H2,1H3. The van der Waals surface area contributed by atoms with Crippen LogP contribution in [0.1, 0.15) is 0 Å². The quantitative estimate of drug-likeness (QED) is 0.903. The van der Waals surface area contributed by atoms with Crippen LogP contribution in [0, 0.1) is 5.82 Å². The van der Waals surface area contributed by atoms with Gasteiger partial charge in [0.05, 0.1) is 18.0 Å². The molecule has 2 rings (SSSR count). The predicted octanol–water partition coefficient (Wildman–Crippen LogP) is 2.08. The molecule has 2 aromatic rings. The smallest absolute Gasteiger partial charge is 0.149 e. The van der Waals surface area contributed by atoms with Crippen LogP contribution in [0.15, 0.2) is 28.9 Å². The number of hydrogen-bond acceptors (Lipinski definition) is 4. The van der Waals surface area contributed by atoms with Crippen molar-refractivity contribution in [2.24, 2.45) is 0 Å². The molecule has 2 N–H and O–H groups in total. The zero-order chi connectivity index (χ0) is 14.9. The third-order valence-corrected chi connectivity index (χ3v) is 4.08. The van der Waals surface area contributed by atoms with Crippen LogP contribution in [0.4, 0.5) is 10.1 Å². The highest BCUT2D eigenvalue weighted by Gasteiger charge is 2.14. The molecule has 0 amide bonds. The van der Waals surface area contributed by atoms with E-state index >= 15 is 0 Å². The number of nitrogens with two attached hydrogens (primary N) is 1. The Balaban J connectivity index is 2.32. The van der Waals surface area contributed by atoms with Gasteiger partial charge in [-0.15, -0.1) is 0 Å². The Hall–Kier alpha value is -1.41. The highest BCUT2D eigenvalue weighted by Crippen LogP contribution is 2.28. The van der Waals surface area contributed by atoms with Gasteiger partial charge < -0.3 is 5.73 Å². The highest BCUT2D eigenvalue weighted by molar-refractivity contribution is 9.10. The summed E-state index contributed by atoms with van der Waals surface area (Å²) in [7, 11) is -3.09. The van der Waals surface area contributed by atoms with Gasteiger partial charge in [0.25, 0.3) is 0 Å². The summed E-state index contributed by atoms with van der Waals surface area (Å²) < 4.78 is 38.1. The first kappa shape index (κ1) is 15.0. The van der Waals surface area contributed by atoms with Gasteiger partial charge in [0.1, 0.15) is 21.3 Å². The molecule has 0 bridgehead atoms. The molecule has 108 valence electrons. The number of rotatable bonds is 4. The van der Waals surface area contributed by atoms with Crippen LogP contribution in [0.2, 0.25) is 0 Å². The van der Waals surface area contributed by atoms with Gasteiger partial charge in [0, 0.05) is 22.5 Å². The van der Waals surface area contributed by atoms with Crippen LogP contribution in [-0.4, -0.2) is 30.2 Å². The molecule has 0 aliphatic rings. The fourth-order valence-electron chi connectivity index (χ4n) is 1.70. The molecule has 20 heavy (non-hydrogen) atoms. The van der Waals surface area contributed by atoms with Crippen molar-refractivity contribution < 1.29 is 12.8 Å². The van der Waals surface area contributed by atoms with Crippen LogP contribution in [0.5, 0.6) is 0 Å². The summed E-state index contributed by atoms with van der Waals surface area (Å²) >= 11 is 3.18. The lowest BCUT2D eigenvalue weighted by Gasteiger charge is -2.02. The van der Waals surface area contributed by atoms with Gasteiger partial charge in [-0.3, -0.25) is 4.68 Å². The summed E-state index contributed by atoms with van der Waals surface area (Å²) in [6.45, 7) is 0.182. The molecule has 0 unspecified atom stereocenters. The van der Waals surface area contributed by atoms with E-state index in [0.29, 0.717) is 15.9 Å². The number of hydrogen-bond donors (Lipinski definition) is 1. The van der Waals surface area contributed by atoms with Crippen LogP contribution in [0.3, 0.4) is 0 Å². The lowest BCUT2D eigenvalue weighted by atomic mass is 10.1. The van der Waals surface area contributed by atoms with Gasteiger partial charge in [-0.2, -0.15) is 5.10 Å². The lowest BCUT2D eigenvalue weighted by Crippen LogP contribution is -2.11. The Kier molecular flexibility index (Phi) is 4.14. The first-order valence-electron chi connectivity index (χ1n) is 5.72. The molecular weight excluding hydrogens is 349 g/mol. The number of nitrogens with zero attached hydrogens (tertiary/aromatic N) is 2. The lowest BCUT2D eigenvalue weighted by molar-refractivity contribution is 0.586. The number of aryl methyl sites for hydroxylation is 1. The average Bonchev–Trinajstić information content (AvgIpc) is 2.67. The van der Waals surface area contributed by atoms with E-state index in [4.69, 9.17) is 5.73 Å². The first-order valence-corrected chi connectivity index (χ1v) is 8.58. The van der Waals surface area contributed by atoms with E-state index in [9.17, 15) is 12.8 Å². The molecule has 0 spiro atoms. The van der Waals surface area contributed by atoms with Gasteiger partial charge in [0.15, 0.2) is 0 Å². The summed E-state index contributed by atoms with van der Waals surface area (Å²) in [4.78, 5) is 0. The Morgan fingerprint density at radius 2 is 2.15 bits per heavy atom. The van der Waals surface area contributed by atoms with E-state index in [1.807, 2.05) is 0 Å². The summed E-state index contributed by atoms with van der Waals surface area (Å²) in [5, 5.41) is 4.15. The summed E-state index contributed by atoms with van der Waals surface area (Å²) in [6.07, 6.45) is 2.65. The van der Waals surface area contributed by atoms with Gasteiger partial charge >= 0.3 is 0 Å². The van der Waals surface area contributed by atoms with E-state index in [1.54, 1.807) is 12.1 Å². The summed E-state index contributed by atoms with van der Waals surface area (Å²) in [5.74, 6) is -0.490. The van der Waals surface area contributed by atoms with E-state index in [-0.39, 0.29) is 17.9 Å². The third-order valence-electron chi connectivity index (χ3n) is 2.67. The van der Waals surface area contributed by atoms with Crippen molar-refractivity contribution in [3.05, 3.63) is 34.7 Å². The Morgan fingerprint density at radius 1 is 1.45 bits per heavy atom. The van der Waals surface area contributed by atoms with E-state index < -0.39 is 15.7 Å². The molecule has 0 saturated carbocycles. The van der Waals surface area contributed by atoms with Gasteiger partial charge in [-0.1, -0.05) is 15.9 Å². The monoisotopic (exact) mass is 361 g/mol. The molecule has 1 aromatic heterocycles. The second kappa shape index (κ2) is 5.53. The molecule has 5 nitrogen and oxygen atoms in total. The maximum Gasteiger partial charge on any atom is 0.149 e. The molecule has 0 atom stereocenters. The minimum atomic E-state index is -3.09. The molecule has 0 aliphatic carbocycles. The molecule has 0 fully saturated rings. The zero-order valence-electron chi connectivity index (χ0n) is 10.7. The maximum atomic E-state index is 13.9. The molecule has 1 heterocycles. The number of aromatic nitrogens is 2. The van der Waals surface area contributed by atoms with Crippen LogP contribution in [0.25, 0.3) is 11.3 Å². The molecule has 0 aliphatic heterocycles. The van der Waals surface area contributed by atoms with Crippen molar-refractivity contribution in [1.82, 2.24) is 9.78 Å². The van der Waals surface area contributed by atoms with E-state index in [2.05, 4.69) is 21.0 Å². The fraction of sp³-hybridized carbons (Fsp3) is 0.250. The largest absolute Gasteiger partial charge is 0.396 e. The molecule has 1 aromatic carbocycles. The zero-order valence-corrected chi connectivity index (χ0v) is 13.1. The Morgan fingerprint density at radius 3 is 2.75 bits per heavy atom. The number of sulfone groups is 1. The minimum absolute atomic E-state index is 0.0453. The first-order chi connectivity index (χ1) is 9.26. The van der Waals surface area contributed by atoms with Gasteiger partial charge in [-0.25, -0.2) is 12.8 Å². The predicted molar refractivity (Wildman–Crippen MR) is 79.4 cm³/mol. The second-order valence-electron chi connectivity index (χ2n) is 4.45. The SMILES string of the molecule is CS(=O)(=O)CCn1cc(N)c(-c2ccc(Br)cc2F)n1. The highest BCUT2D eigenvalue weighted by atomic mass is 79.9. The average molecular weight is 362 g/mol. The van der Waals surface area contributed by atoms with Crippen LogP contribution in [-0.2, 0) is 16.4 Å². The van der Waals surface area contributed by atoms with Crippen LogP contribution >= 0.6 is 15.9 Å². The van der Waals surface area contributed by atoms with Gasteiger partial charge in [-0.05, 0) is 18.2 Å². The van der Waals surface area contributed by atoms with E-state index in [0.717, 1.165) is 6.26 Å². The van der Waals surface area contributed by atoms with Crippen molar-refractivity contribution in [1.29, 1.82) is 0 Å². The Labute approximate surface area is 124 Å². The van der Waals surface area contributed by atoms with Crippen molar-refractivity contribution in [2.45, 2.75) is 6.54 Å². The fourth-order valence-corrected chi connectivity index (χ4v) is 2.55. The Bertz CT molecular complexity index is 743. The molecule has 0 radical (unpaired) electrons. The summed E-state index contributed by atoms with van der Waals surface area (Å²) in [6, 6.07) is 4.58. The molecule has 8 heteroatoms. The molecular formula is C12H13BrFN3O2S. The number of halogens is 2. The van der Waals surface area contributed by atoms with Crippen molar-refractivity contribution in [3.63, 3.8) is 0 Å². The van der Waals surface area contributed by atoms with Crippen LogP contribution < -0.4 is 5.73 Å².